The molecule has 3 aromatic carbocycles. The van der Waals surface area contributed by atoms with Crippen LogP contribution >= 0.6 is 0 Å². The van der Waals surface area contributed by atoms with Crippen LogP contribution in [0.2, 0.25) is 0 Å². The molecular weight excluding hydrogens is 534 g/mol. The number of hydrogen-bond donors (Lipinski definition) is 3. The van der Waals surface area contributed by atoms with Gasteiger partial charge in [-0.1, -0.05) is 37.6 Å². The fourth-order valence-electron chi connectivity index (χ4n) is 6.38. The SMILES string of the molecule is CCCCN1CCN(CCCOc2cc(C(=O)C3C[C@H](C)Nc4ccccc4N3)ccc2-c2ccc3[nH]ccc3c2)CC1. The maximum Gasteiger partial charge on any atom is 0.185 e. The van der Waals surface area contributed by atoms with Gasteiger partial charge in [0, 0.05) is 61.6 Å². The third-order valence-corrected chi connectivity index (χ3v) is 8.86. The molecule has 0 spiro atoms. The molecule has 2 aliphatic heterocycles. The molecule has 0 amide bonds. The van der Waals surface area contributed by atoms with Gasteiger partial charge in [-0.2, -0.15) is 0 Å². The number of ketones is 1. The van der Waals surface area contributed by atoms with Crippen LogP contribution in [-0.2, 0) is 0 Å². The number of para-hydroxylation sites is 2. The van der Waals surface area contributed by atoms with E-state index in [4.69, 9.17) is 4.74 Å². The largest absolute Gasteiger partial charge is 0.493 e. The minimum Gasteiger partial charge on any atom is -0.493 e. The number of nitrogens with zero attached hydrogens (tertiary/aromatic N) is 2. The van der Waals surface area contributed by atoms with Crippen LogP contribution in [0.4, 0.5) is 11.4 Å². The highest BCUT2D eigenvalue weighted by atomic mass is 16.5. The molecule has 1 aromatic heterocycles. The van der Waals surface area contributed by atoms with E-state index < -0.39 is 0 Å². The number of carbonyl (C=O) groups excluding carboxylic acids is 1. The van der Waals surface area contributed by atoms with Gasteiger partial charge in [0.15, 0.2) is 5.78 Å². The number of Topliss-reactive ketones (excluding diaryl/α,β-unsaturated/α-hetero) is 1. The van der Waals surface area contributed by atoms with Crippen LogP contribution in [0.3, 0.4) is 0 Å². The first kappa shape index (κ1) is 29.3. The van der Waals surface area contributed by atoms with Crippen LogP contribution < -0.4 is 15.4 Å². The molecule has 3 N–H and O–H groups in total. The zero-order valence-corrected chi connectivity index (χ0v) is 25.6. The van der Waals surface area contributed by atoms with Crippen molar-refractivity contribution in [3.63, 3.8) is 0 Å². The van der Waals surface area contributed by atoms with Crippen molar-refractivity contribution in [2.45, 2.75) is 51.6 Å². The van der Waals surface area contributed by atoms with Crippen molar-refractivity contribution < 1.29 is 9.53 Å². The van der Waals surface area contributed by atoms with Crippen molar-refractivity contribution in [3.05, 3.63) is 78.5 Å². The van der Waals surface area contributed by atoms with Gasteiger partial charge in [0.05, 0.1) is 24.0 Å². The molecule has 6 rings (SSSR count). The molecule has 0 saturated carbocycles. The Bertz CT molecular complexity index is 1520. The number of ether oxygens (including phenoxy) is 1. The number of rotatable bonds is 11. The molecule has 7 nitrogen and oxygen atoms in total. The number of aromatic amines is 1. The molecule has 2 atom stereocenters. The van der Waals surface area contributed by atoms with Gasteiger partial charge in [0.2, 0.25) is 0 Å². The van der Waals surface area contributed by atoms with Gasteiger partial charge in [-0.15, -0.1) is 0 Å². The van der Waals surface area contributed by atoms with Gasteiger partial charge in [0.1, 0.15) is 5.75 Å². The molecule has 0 aliphatic carbocycles. The van der Waals surface area contributed by atoms with E-state index in [9.17, 15) is 4.79 Å². The number of unbranched alkanes of at least 4 members (excludes halogenated alkanes) is 1. The van der Waals surface area contributed by atoms with Crippen LogP contribution in [0, 0.1) is 0 Å². The second kappa shape index (κ2) is 13.7. The summed E-state index contributed by atoms with van der Waals surface area (Å²) in [6.45, 7) is 11.8. The Kier molecular flexibility index (Phi) is 9.30. The third kappa shape index (κ3) is 7.06. The fourth-order valence-corrected chi connectivity index (χ4v) is 6.38. The van der Waals surface area contributed by atoms with E-state index in [-0.39, 0.29) is 17.9 Å². The molecule has 2 aliphatic rings. The summed E-state index contributed by atoms with van der Waals surface area (Å²) in [4.78, 5) is 22.3. The van der Waals surface area contributed by atoms with Crippen LogP contribution in [0.5, 0.6) is 5.75 Å². The van der Waals surface area contributed by atoms with Crippen LogP contribution in [-0.4, -0.2) is 78.5 Å². The van der Waals surface area contributed by atoms with E-state index in [1.54, 1.807) is 0 Å². The predicted molar refractivity (Wildman–Crippen MR) is 178 cm³/mol. The maximum atomic E-state index is 13.9. The highest BCUT2D eigenvalue weighted by Crippen LogP contribution is 2.35. The normalized spacial score (nSPS) is 19.3. The van der Waals surface area contributed by atoms with E-state index in [2.05, 4.69) is 75.7 Å². The van der Waals surface area contributed by atoms with Gasteiger partial charge < -0.3 is 30.2 Å². The van der Waals surface area contributed by atoms with Crippen molar-refractivity contribution in [1.82, 2.24) is 14.8 Å². The van der Waals surface area contributed by atoms with E-state index >= 15 is 0 Å². The molecule has 1 unspecified atom stereocenters. The van der Waals surface area contributed by atoms with E-state index in [1.165, 1.54) is 19.4 Å². The van der Waals surface area contributed by atoms with E-state index in [0.29, 0.717) is 18.6 Å². The monoisotopic (exact) mass is 579 g/mol. The summed E-state index contributed by atoms with van der Waals surface area (Å²) in [5.41, 5.74) is 5.88. The lowest BCUT2D eigenvalue weighted by Crippen LogP contribution is -2.46. The Labute approximate surface area is 255 Å². The zero-order chi connectivity index (χ0) is 29.6. The Morgan fingerprint density at radius 1 is 0.884 bits per heavy atom. The molecule has 1 saturated heterocycles. The fraction of sp³-hybridized carbons (Fsp3) is 0.417. The van der Waals surface area contributed by atoms with Gasteiger partial charge in [-0.3, -0.25) is 4.79 Å². The van der Waals surface area contributed by atoms with Gasteiger partial charge in [0.25, 0.3) is 0 Å². The van der Waals surface area contributed by atoms with Crippen molar-refractivity contribution in [2.24, 2.45) is 0 Å². The Hall–Kier alpha value is -3.81. The van der Waals surface area contributed by atoms with Crippen LogP contribution in [0.25, 0.3) is 22.0 Å². The van der Waals surface area contributed by atoms with Crippen molar-refractivity contribution in [1.29, 1.82) is 0 Å². The molecule has 0 bridgehead atoms. The number of piperazine rings is 1. The lowest BCUT2D eigenvalue weighted by Gasteiger charge is -2.34. The second-order valence-electron chi connectivity index (χ2n) is 12.1. The first-order valence-electron chi connectivity index (χ1n) is 16.0. The molecule has 7 heteroatoms. The first-order chi connectivity index (χ1) is 21.1. The smallest absolute Gasteiger partial charge is 0.185 e. The third-order valence-electron chi connectivity index (χ3n) is 8.86. The highest BCUT2D eigenvalue weighted by Gasteiger charge is 2.27. The zero-order valence-electron chi connectivity index (χ0n) is 25.6. The minimum absolute atomic E-state index is 0.0868. The first-order valence-corrected chi connectivity index (χ1v) is 16.0. The summed E-state index contributed by atoms with van der Waals surface area (Å²) in [5.74, 6) is 0.856. The summed E-state index contributed by atoms with van der Waals surface area (Å²) in [6.07, 6.45) is 6.15. The molecule has 3 heterocycles. The standard InChI is InChI=1S/C36H45N5O2/c1-3-4-16-40-18-20-41(21-19-40)17-7-22-43-35-25-29(10-12-30(35)27-11-13-31-28(24-27)14-15-37-31)36(42)34-23-26(2)38-32-8-5-6-9-33(32)39-34/h5-6,8-15,24-26,34,37-39H,3-4,7,16-23H2,1-2H3/t26-,34?/m0/s1. The van der Waals surface area contributed by atoms with E-state index in [0.717, 1.165) is 78.3 Å². The maximum absolute atomic E-state index is 13.9. The van der Waals surface area contributed by atoms with Crippen molar-refractivity contribution in [2.75, 3.05) is 56.5 Å². The topological polar surface area (TPSA) is 72.6 Å². The Balaban J connectivity index is 1.17. The van der Waals surface area contributed by atoms with Gasteiger partial charge >= 0.3 is 0 Å². The average Bonchev–Trinajstić information content (AvgIpc) is 3.43. The van der Waals surface area contributed by atoms with E-state index in [1.807, 2.05) is 36.5 Å². The molecule has 0 radical (unpaired) electrons. The summed E-state index contributed by atoms with van der Waals surface area (Å²) >= 11 is 0. The minimum atomic E-state index is -0.322. The molecule has 43 heavy (non-hydrogen) atoms. The van der Waals surface area contributed by atoms with Crippen LogP contribution in [0.1, 0.15) is 49.9 Å². The van der Waals surface area contributed by atoms with Gasteiger partial charge in [-0.25, -0.2) is 0 Å². The summed E-state index contributed by atoms with van der Waals surface area (Å²) < 4.78 is 6.50. The Morgan fingerprint density at radius 2 is 1.63 bits per heavy atom. The predicted octanol–water partition coefficient (Wildman–Crippen LogP) is 6.89. The van der Waals surface area contributed by atoms with Crippen molar-refractivity contribution in [3.8, 4) is 16.9 Å². The number of nitrogens with one attached hydrogen (secondary N) is 3. The number of fused-ring (bicyclic) bond motifs is 2. The quantitative estimate of drug-likeness (QED) is 0.133. The lowest BCUT2D eigenvalue weighted by molar-refractivity contribution is 0.0964. The number of hydrogen-bond acceptors (Lipinski definition) is 6. The average molecular weight is 580 g/mol. The summed E-state index contributed by atoms with van der Waals surface area (Å²) in [7, 11) is 0. The summed E-state index contributed by atoms with van der Waals surface area (Å²) in [5, 5.41) is 8.20. The molecular formula is C36H45N5O2. The van der Waals surface area contributed by atoms with Crippen LogP contribution in [0.15, 0.2) is 72.9 Å². The lowest BCUT2D eigenvalue weighted by atomic mass is 9.95. The van der Waals surface area contributed by atoms with Crippen molar-refractivity contribution >= 4 is 28.1 Å². The summed E-state index contributed by atoms with van der Waals surface area (Å²) in [6, 6.07) is 22.4. The molecule has 1 fully saturated rings. The van der Waals surface area contributed by atoms with Gasteiger partial charge in [-0.05, 0) is 86.1 Å². The number of aromatic nitrogens is 1. The number of H-pyrrole nitrogens is 1. The Morgan fingerprint density at radius 3 is 2.40 bits per heavy atom. The second-order valence-corrected chi connectivity index (χ2v) is 12.1. The molecule has 4 aromatic rings. The number of benzene rings is 3. The number of anilines is 2. The molecule has 226 valence electrons. The number of carbonyl (C=O) groups is 1. The highest BCUT2D eigenvalue weighted by molar-refractivity contribution is 6.03.